The average Bonchev–Trinajstić information content (AvgIpc) is 2.98. The van der Waals surface area contributed by atoms with Gasteiger partial charge in [0.15, 0.2) is 23.0 Å². The topological polar surface area (TPSA) is 60.5 Å². The van der Waals surface area contributed by atoms with E-state index >= 15 is 0 Å². The summed E-state index contributed by atoms with van der Waals surface area (Å²) in [5.41, 5.74) is 4.91. The van der Waals surface area contributed by atoms with Gasteiger partial charge in [-0.15, -0.1) is 17.0 Å². The summed E-state index contributed by atoms with van der Waals surface area (Å²) in [5, 5.41) is 0. The third kappa shape index (κ3) is 5.86. The maximum absolute atomic E-state index is 12.9. The lowest BCUT2D eigenvalue weighted by atomic mass is 9.77. The molecule has 2 aliphatic rings. The molecule has 1 aliphatic carbocycles. The number of halogens is 1. The summed E-state index contributed by atoms with van der Waals surface area (Å²) in [7, 11) is 8.79. The molecule has 1 heterocycles. The van der Waals surface area contributed by atoms with E-state index in [1.54, 1.807) is 28.4 Å². The first-order chi connectivity index (χ1) is 16.5. The Labute approximate surface area is 219 Å². The van der Waals surface area contributed by atoms with Crippen molar-refractivity contribution in [1.82, 2.24) is 9.80 Å². The summed E-state index contributed by atoms with van der Waals surface area (Å²) in [5.74, 6) is 3.69. The molecule has 4 rings (SSSR count). The van der Waals surface area contributed by atoms with Crippen molar-refractivity contribution in [1.29, 1.82) is 0 Å². The highest BCUT2D eigenvalue weighted by Gasteiger charge is 2.29. The highest BCUT2D eigenvalue weighted by atomic mass is 79.9. The Morgan fingerprint density at radius 1 is 0.886 bits per heavy atom. The van der Waals surface area contributed by atoms with Gasteiger partial charge in [0, 0.05) is 25.6 Å². The van der Waals surface area contributed by atoms with E-state index in [-0.39, 0.29) is 22.9 Å². The van der Waals surface area contributed by atoms with Gasteiger partial charge in [-0.05, 0) is 79.4 Å². The van der Waals surface area contributed by atoms with Gasteiger partial charge < -0.3 is 28.7 Å². The van der Waals surface area contributed by atoms with Crippen LogP contribution >= 0.6 is 17.0 Å². The monoisotopic (exact) mass is 548 g/mol. The molecule has 0 fully saturated rings. The molecule has 1 aliphatic heterocycles. The van der Waals surface area contributed by atoms with Gasteiger partial charge in [-0.1, -0.05) is 0 Å². The van der Waals surface area contributed by atoms with Crippen LogP contribution in [0.5, 0.6) is 23.0 Å². The minimum absolute atomic E-state index is 0. The predicted molar refractivity (Wildman–Crippen MR) is 142 cm³/mol. The van der Waals surface area contributed by atoms with Gasteiger partial charge in [0.1, 0.15) is 0 Å². The highest BCUT2D eigenvalue weighted by Crippen LogP contribution is 2.42. The summed E-state index contributed by atoms with van der Waals surface area (Å²) in [6.45, 7) is 3.47. The second-order valence-corrected chi connectivity index (χ2v) is 9.21. The minimum Gasteiger partial charge on any atom is -0.493 e. The van der Waals surface area contributed by atoms with E-state index in [2.05, 4.69) is 24.1 Å². The van der Waals surface area contributed by atoms with Crippen molar-refractivity contribution >= 4 is 22.9 Å². The third-order valence-corrected chi connectivity index (χ3v) is 7.10. The summed E-state index contributed by atoms with van der Waals surface area (Å²) in [6, 6.07) is 8.18. The van der Waals surface area contributed by atoms with Crippen LogP contribution in [0.25, 0.3) is 0 Å². The van der Waals surface area contributed by atoms with E-state index < -0.39 is 0 Å². The Morgan fingerprint density at radius 2 is 1.46 bits per heavy atom. The molecule has 0 bridgehead atoms. The first-order valence-electron chi connectivity index (χ1n) is 11.9. The summed E-state index contributed by atoms with van der Waals surface area (Å²) >= 11 is 0. The van der Waals surface area contributed by atoms with Crippen LogP contribution in [-0.2, 0) is 24.1 Å². The Hall–Kier alpha value is -2.45. The van der Waals surface area contributed by atoms with Gasteiger partial charge in [-0.25, -0.2) is 0 Å². The standard InChI is InChI=1S/C27H36N2O5.BrH/c1-28(17-21-11-20-14-25(33-4)26(34-5)16-22(20)21)8-6-9-29-10-7-18-12-23(31-2)24(32-3)13-19(18)15-27(29)30;/h12-14,16,21H,6-11,15,17H2,1-5H3;1H. The molecule has 0 saturated carbocycles. The van der Waals surface area contributed by atoms with Gasteiger partial charge in [0.05, 0.1) is 34.9 Å². The maximum atomic E-state index is 12.9. The summed E-state index contributed by atoms with van der Waals surface area (Å²) in [6.07, 6.45) is 3.27. The number of likely N-dealkylation sites (N-methyl/N-ethyl adjacent to an activating group) is 1. The quantitative estimate of drug-likeness (QED) is 0.449. The molecule has 2 aromatic rings. The molecule has 35 heavy (non-hydrogen) atoms. The molecular weight excluding hydrogens is 512 g/mol. The number of carbonyl (C=O) groups excluding carboxylic acids is 1. The Balaban J connectivity index is 0.00000342. The number of ether oxygens (including phenoxy) is 4. The van der Waals surface area contributed by atoms with Gasteiger partial charge in [-0.2, -0.15) is 0 Å². The predicted octanol–water partition coefficient (Wildman–Crippen LogP) is 3.89. The molecular formula is C27H37BrN2O5. The molecule has 8 heteroatoms. The van der Waals surface area contributed by atoms with Crippen molar-refractivity contribution in [2.24, 2.45) is 0 Å². The molecule has 0 radical (unpaired) electrons. The first kappa shape index (κ1) is 27.1. The van der Waals surface area contributed by atoms with Crippen molar-refractivity contribution in [3.05, 3.63) is 46.5 Å². The molecule has 7 nitrogen and oxygen atoms in total. The first-order valence-corrected chi connectivity index (χ1v) is 11.9. The van der Waals surface area contributed by atoms with Gasteiger partial charge in [-0.3, -0.25) is 4.79 Å². The number of rotatable bonds is 10. The summed E-state index contributed by atoms with van der Waals surface area (Å²) < 4.78 is 21.7. The van der Waals surface area contributed by atoms with Crippen LogP contribution in [-0.4, -0.2) is 77.4 Å². The lowest BCUT2D eigenvalue weighted by Gasteiger charge is -2.34. The second-order valence-electron chi connectivity index (χ2n) is 9.21. The van der Waals surface area contributed by atoms with E-state index in [0.29, 0.717) is 18.1 Å². The van der Waals surface area contributed by atoms with Crippen LogP contribution in [0.4, 0.5) is 0 Å². The highest BCUT2D eigenvalue weighted by molar-refractivity contribution is 8.93. The van der Waals surface area contributed by atoms with Crippen LogP contribution < -0.4 is 18.9 Å². The zero-order chi connectivity index (χ0) is 24.2. The SMILES string of the molecule is Br.COc1cc2c(cc1OC)CC(=O)N(CCCN(C)CC1Cc3cc(OC)c(OC)cc31)CC2. The zero-order valence-electron chi connectivity index (χ0n) is 21.4. The van der Waals surface area contributed by atoms with Gasteiger partial charge in [0.2, 0.25) is 5.91 Å². The van der Waals surface area contributed by atoms with E-state index in [9.17, 15) is 4.79 Å². The number of carbonyl (C=O) groups is 1. The van der Waals surface area contributed by atoms with E-state index in [4.69, 9.17) is 18.9 Å². The van der Waals surface area contributed by atoms with Crippen LogP contribution in [0, 0.1) is 0 Å². The van der Waals surface area contributed by atoms with E-state index in [1.807, 2.05) is 17.0 Å². The molecule has 1 atom stereocenters. The average molecular weight is 550 g/mol. The number of nitrogens with zero attached hydrogens (tertiary/aromatic N) is 2. The normalized spacial score (nSPS) is 16.5. The second kappa shape index (κ2) is 12.0. The molecule has 0 saturated heterocycles. The van der Waals surface area contributed by atoms with Crippen molar-refractivity contribution in [2.75, 3.05) is 61.7 Å². The van der Waals surface area contributed by atoms with Gasteiger partial charge >= 0.3 is 0 Å². The van der Waals surface area contributed by atoms with Crippen molar-refractivity contribution in [3.8, 4) is 23.0 Å². The fraction of sp³-hybridized carbons (Fsp3) is 0.519. The van der Waals surface area contributed by atoms with E-state index in [1.165, 1.54) is 16.7 Å². The Morgan fingerprint density at radius 3 is 2.09 bits per heavy atom. The molecule has 192 valence electrons. The fourth-order valence-electron chi connectivity index (χ4n) is 5.15. The largest absolute Gasteiger partial charge is 0.493 e. The number of hydrogen-bond donors (Lipinski definition) is 0. The van der Waals surface area contributed by atoms with Crippen molar-refractivity contribution in [3.63, 3.8) is 0 Å². The van der Waals surface area contributed by atoms with Gasteiger partial charge in [0.25, 0.3) is 0 Å². The van der Waals surface area contributed by atoms with Crippen molar-refractivity contribution < 1.29 is 23.7 Å². The molecule has 1 amide bonds. The number of benzene rings is 2. The number of methoxy groups -OCH3 is 4. The molecule has 0 N–H and O–H groups in total. The Kier molecular flexibility index (Phi) is 9.30. The van der Waals surface area contributed by atoms with Crippen molar-refractivity contribution in [2.45, 2.75) is 31.6 Å². The van der Waals surface area contributed by atoms with Crippen LogP contribution in [0.2, 0.25) is 0 Å². The molecule has 0 spiro atoms. The molecule has 2 aromatic carbocycles. The maximum Gasteiger partial charge on any atom is 0.227 e. The third-order valence-electron chi connectivity index (χ3n) is 7.10. The fourth-order valence-corrected chi connectivity index (χ4v) is 5.15. The molecule has 0 aromatic heterocycles. The van der Waals surface area contributed by atoms with Crippen LogP contribution in [0.15, 0.2) is 24.3 Å². The number of fused-ring (bicyclic) bond motifs is 2. The van der Waals surface area contributed by atoms with Crippen LogP contribution in [0.3, 0.4) is 0 Å². The minimum atomic E-state index is 0. The Bertz CT molecular complexity index is 1040. The lowest BCUT2D eigenvalue weighted by molar-refractivity contribution is -0.130. The van der Waals surface area contributed by atoms with Crippen LogP contribution in [0.1, 0.15) is 34.6 Å². The molecule has 1 unspecified atom stereocenters. The summed E-state index contributed by atoms with van der Waals surface area (Å²) in [4.78, 5) is 17.3. The van der Waals surface area contributed by atoms with E-state index in [0.717, 1.165) is 68.3 Å². The number of amides is 1. The lowest BCUT2D eigenvalue weighted by Crippen LogP contribution is -2.36. The zero-order valence-corrected chi connectivity index (χ0v) is 23.1. The number of hydrogen-bond acceptors (Lipinski definition) is 6. The smallest absolute Gasteiger partial charge is 0.227 e.